The minimum Gasteiger partial charge on any atom is -0.232 e. The lowest BCUT2D eigenvalue weighted by molar-refractivity contribution is 0.625. The van der Waals surface area contributed by atoms with Gasteiger partial charge in [0.15, 0.2) is 5.82 Å². The monoisotopic (exact) mass is 572 g/mol. The average molecular weight is 573 g/mol. The molecule has 206 valence electrons. The summed E-state index contributed by atoms with van der Waals surface area (Å²) in [5.41, 5.74) is 9.70. The molecule has 5 aromatic carbocycles. The van der Waals surface area contributed by atoms with Crippen molar-refractivity contribution >= 4 is 17.2 Å². The van der Waals surface area contributed by atoms with Crippen molar-refractivity contribution in [3.8, 4) is 33.6 Å². The third-order valence-electron chi connectivity index (χ3n) is 8.19. The molecule has 43 heavy (non-hydrogen) atoms. The summed E-state index contributed by atoms with van der Waals surface area (Å²) in [6, 6.07) is 50.4. The van der Waals surface area contributed by atoms with E-state index in [9.17, 15) is 0 Å². The fourth-order valence-electron chi connectivity index (χ4n) is 6.05. The van der Waals surface area contributed by atoms with Crippen LogP contribution in [0.1, 0.15) is 23.2 Å². The lowest BCUT2D eigenvalue weighted by Crippen LogP contribution is -2.28. The van der Waals surface area contributed by atoms with Gasteiger partial charge in [-0.1, -0.05) is 169 Å². The summed E-state index contributed by atoms with van der Waals surface area (Å²) in [6.45, 7) is 0. The summed E-state index contributed by atoms with van der Waals surface area (Å²) >= 11 is 6.68. The van der Waals surface area contributed by atoms with Crippen LogP contribution in [0.15, 0.2) is 164 Å². The van der Waals surface area contributed by atoms with Crippen LogP contribution in [0.25, 0.3) is 39.2 Å². The Bertz CT molecular complexity index is 1870. The van der Waals surface area contributed by atoms with E-state index in [0.29, 0.717) is 11.0 Å². The standard InChI is InChI=1S/C40H29ClN2/c41-37-28-36(42-39(43-37)32-18-9-3-10-19-32)40(33-20-11-4-12-21-33)26-24-31(25-27-40)38-34(29-14-5-1-6-15-29)22-13-23-35(38)30-16-7-2-8-17-30/h1-26,28H,27H2. The van der Waals surface area contributed by atoms with Crippen LogP contribution < -0.4 is 0 Å². The van der Waals surface area contributed by atoms with E-state index < -0.39 is 5.41 Å². The van der Waals surface area contributed by atoms with Crippen molar-refractivity contribution in [3.63, 3.8) is 0 Å². The lowest BCUT2D eigenvalue weighted by atomic mass is 9.70. The van der Waals surface area contributed by atoms with Gasteiger partial charge in [0.25, 0.3) is 0 Å². The van der Waals surface area contributed by atoms with Crippen LogP contribution in [0.2, 0.25) is 5.15 Å². The van der Waals surface area contributed by atoms with Gasteiger partial charge in [-0.15, -0.1) is 0 Å². The first-order valence-electron chi connectivity index (χ1n) is 14.5. The highest BCUT2D eigenvalue weighted by Crippen LogP contribution is 2.45. The van der Waals surface area contributed by atoms with Crippen LogP contribution in [0.5, 0.6) is 0 Å². The maximum absolute atomic E-state index is 6.68. The van der Waals surface area contributed by atoms with Gasteiger partial charge < -0.3 is 0 Å². The van der Waals surface area contributed by atoms with Gasteiger partial charge in [-0.25, -0.2) is 9.97 Å². The predicted molar refractivity (Wildman–Crippen MR) is 179 cm³/mol. The van der Waals surface area contributed by atoms with Crippen molar-refractivity contribution in [3.05, 3.63) is 186 Å². The third kappa shape index (κ3) is 5.22. The van der Waals surface area contributed by atoms with Crippen LogP contribution >= 0.6 is 11.6 Å². The molecule has 7 rings (SSSR count). The average Bonchev–Trinajstić information content (AvgIpc) is 3.09. The van der Waals surface area contributed by atoms with Crippen molar-refractivity contribution in [1.82, 2.24) is 9.97 Å². The van der Waals surface area contributed by atoms with Crippen molar-refractivity contribution < 1.29 is 0 Å². The Kier molecular flexibility index (Phi) is 7.28. The number of rotatable bonds is 6. The summed E-state index contributed by atoms with van der Waals surface area (Å²) in [5.74, 6) is 0.627. The topological polar surface area (TPSA) is 25.8 Å². The van der Waals surface area contributed by atoms with Gasteiger partial charge in [-0.3, -0.25) is 0 Å². The van der Waals surface area contributed by atoms with E-state index in [0.717, 1.165) is 23.2 Å². The van der Waals surface area contributed by atoms with Crippen LogP contribution in [-0.2, 0) is 5.41 Å². The van der Waals surface area contributed by atoms with Crippen molar-refractivity contribution in [2.45, 2.75) is 11.8 Å². The molecule has 0 spiro atoms. The number of halogens is 1. The molecule has 2 nitrogen and oxygen atoms in total. The second kappa shape index (κ2) is 11.7. The number of aromatic nitrogens is 2. The van der Waals surface area contributed by atoms with E-state index in [-0.39, 0.29) is 0 Å². The quantitative estimate of drug-likeness (QED) is 0.185. The zero-order valence-electron chi connectivity index (χ0n) is 23.6. The summed E-state index contributed by atoms with van der Waals surface area (Å²) in [6.07, 6.45) is 7.66. The Hall–Kier alpha value is -5.05. The molecule has 0 fully saturated rings. The molecule has 6 aromatic rings. The Morgan fingerprint density at radius 1 is 0.558 bits per heavy atom. The van der Waals surface area contributed by atoms with Gasteiger partial charge in [-0.05, 0) is 51.4 Å². The maximum Gasteiger partial charge on any atom is 0.161 e. The molecule has 0 radical (unpaired) electrons. The zero-order valence-corrected chi connectivity index (χ0v) is 24.3. The summed E-state index contributed by atoms with van der Waals surface area (Å²) in [7, 11) is 0. The maximum atomic E-state index is 6.68. The molecule has 0 bridgehead atoms. The second-order valence-electron chi connectivity index (χ2n) is 10.8. The van der Waals surface area contributed by atoms with E-state index in [1.54, 1.807) is 0 Å². The largest absolute Gasteiger partial charge is 0.232 e. The number of allylic oxidation sites excluding steroid dienone is 4. The van der Waals surface area contributed by atoms with E-state index in [4.69, 9.17) is 16.6 Å². The Morgan fingerprint density at radius 3 is 1.63 bits per heavy atom. The summed E-state index contributed by atoms with van der Waals surface area (Å²) < 4.78 is 0. The molecule has 1 unspecified atom stereocenters. The number of hydrogen-bond acceptors (Lipinski definition) is 2. The third-order valence-corrected chi connectivity index (χ3v) is 8.38. The van der Waals surface area contributed by atoms with Crippen molar-refractivity contribution in [1.29, 1.82) is 0 Å². The second-order valence-corrected chi connectivity index (χ2v) is 11.1. The number of hydrogen-bond donors (Lipinski definition) is 0. The molecule has 0 saturated heterocycles. The first-order chi connectivity index (χ1) is 21.2. The molecule has 0 amide bonds. The number of nitrogens with zero attached hydrogens (tertiary/aromatic N) is 2. The van der Waals surface area contributed by atoms with E-state index >= 15 is 0 Å². The molecule has 0 N–H and O–H groups in total. The molecular weight excluding hydrogens is 544 g/mol. The fraction of sp³-hybridized carbons (Fsp3) is 0.0500. The molecule has 3 heteroatoms. The lowest BCUT2D eigenvalue weighted by Gasteiger charge is -2.33. The van der Waals surface area contributed by atoms with Gasteiger partial charge in [0.1, 0.15) is 5.15 Å². The SMILES string of the molecule is Clc1cc(C2(c3ccccc3)C=CC(c3c(-c4ccccc4)cccc3-c3ccccc3)=CC2)nc(-c2ccccc2)n1. The highest BCUT2D eigenvalue weighted by atomic mass is 35.5. The smallest absolute Gasteiger partial charge is 0.161 e. The van der Waals surface area contributed by atoms with E-state index in [1.165, 1.54) is 33.4 Å². The van der Waals surface area contributed by atoms with Gasteiger partial charge in [0.2, 0.25) is 0 Å². The number of benzene rings is 5. The minimum absolute atomic E-state index is 0.433. The molecule has 0 saturated carbocycles. The minimum atomic E-state index is -0.504. The van der Waals surface area contributed by atoms with Crippen LogP contribution in [0, 0.1) is 0 Å². The first-order valence-corrected chi connectivity index (χ1v) is 14.9. The molecule has 1 aliphatic rings. The highest BCUT2D eigenvalue weighted by Gasteiger charge is 2.35. The Morgan fingerprint density at radius 2 is 1.09 bits per heavy atom. The fourth-order valence-corrected chi connectivity index (χ4v) is 6.24. The van der Waals surface area contributed by atoms with Gasteiger partial charge in [-0.2, -0.15) is 0 Å². The summed E-state index contributed by atoms with van der Waals surface area (Å²) in [4.78, 5) is 9.72. The van der Waals surface area contributed by atoms with Gasteiger partial charge in [0.05, 0.1) is 11.1 Å². The van der Waals surface area contributed by atoms with Crippen molar-refractivity contribution in [2.24, 2.45) is 0 Å². The van der Waals surface area contributed by atoms with E-state index in [1.807, 2.05) is 36.4 Å². The predicted octanol–water partition coefficient (Wildman–Crippen LogP) is 10.5. The Labute approximate surface area is 257 Å². The first kappa shape index (κ1) is 26.8. The van der Waals surface area contributed by atoms with Crippen LogP contribution in [-0.4, -0.2) is 9.97 Å². The van der Waals surface area contributed by atoms with Gasteiger partial charge in [0, 0.05) is 5.56 Å². The molecule has 1 aromatic heterocycles. The van der Waals surface area contributed by atoms with Crippen LogP contribution in [0.3, 0.4) is 0 Å². The normalized spacial score (nSPS) is 16.1. The molecule has 1 aliphatic carbocycles. The zero-order chi connectivity index (χ0) is 29.1. The molecule has 1 heterocycles. The molecular formula is C40H29ClN2. The van der Waals surface area contributed by atoms with Crippen molar-refractivity contribution in [2.75, 3.05) is 0 Å². The Balaban J connectivity index is 1.39. The summed E-state index contributed by atoms with van der Waals surface area (Å²) in [5, 5.41) is 0.433. The van der Waals surface area contributed by atoms with E-state index in [2.05, 4.69) is 132 Å². The molecule has 0 aliphatic heterocycles. The van der Waals surface area contributed by atoms with Gasteiger partial charge >= 0.3 is 0 Å². The molecule has 1 atom stereocenters. The van der Waals surface area contributed by atoms with Crippen LogP contribution in [0.4, 0.5) is 0 Å². The highest BCUT2D eigenvalue weighted by molar-refractivity contribution is 6.29.